The molecule has 0 spiro atoms. The zero-order valence-corrected chi connectivity index (χ0v) is 17.2. The molecule has 1 aliphatic heterocycles. The van der Waals surface area contributed by atoms with Crippen LogP contribution in [-0.2, 0) is 20.9 Å². The smallest absolute Gasteiger partial charge is 0.329 e. The Balaban J connectivity index is 1.47. The molecule has 0 bridgehead atoms. The summed E-state index contributed by atoms with van der Waals surface area (Å²) >= 11 is 5.98. The van der Waals surface area contributed by atoms with Gasteiger partial charge in [-0.25, -0.2) is 4.79 Å². The van der Waals surface area contributed by atoms with Crippen LogP contribution in [-0.4, -0.2) is 36.7 Å². The highest BCUT2D eigenvalue weighted by Crippen LogP contribution is 2.32. The molecule has 0 saturated heterocycles. The van der Waals surface area contributed by atoms with E-state index >= 15 is 0 Å². The van der Waals surface area contributed by atoms with Crippen LogP contribution < -0.4 is 20.1 Å². The van der Waals surface area contributed by atoms with Crippen LogP contribution in [0.4, 0.5) is 0 Å². The van der Waals surface area contributed by atoms with Gasteiger partial charge in [0.25, 0.3) is 11.8 Å². The zero-order chi connectivity index (χ0) is 21.7. The molecule has 2 aromatic rings. The molecular formula is C21H21ClN2O6. The fourth-order valence-electron chi connectivity index (χ4n) is 2.69. The van der Waals surface area contributed by atoms with E-state index < -0.39 is 29.9 Å². The number of halogens is 1. The van der Waals surface area contributed by atoms with E-state index in [1.165, 1.54) is 13.8 Å². The molecule has 0 aromatic heterocycles. The maximum Gasteiger partial charge on any atom is 0.329 e. The predicted molar refractivity (Wildman–Crippen MR) is 108 cm³/mol. The second kappa shape index (κ2) is 9.49. The summed E-state index contributed by atoms with van der Waals surface area (Å²) in [5.41, 5.74) is 1.06. The van der Waals surface area contributed by atoms with Crippen LogP contribution in [0.1, 0.15) is 29.8 Å². The van der Waals surface area contributed by atoms with Crippen LogP contribution in [0, 0.1) is 0 Å². The summed E-state index contributed by atoms with van der Waals surface area (Å²) < 4.78 is 15.7. The molecule has 0 radical (unpaired) electrons. The first-order valence-corrected chi connectivity index (χ1v) is 9.65. The van der Waals surface area contributed by atoms with E-state index in [9.17, 15) is 14.4 Å². The highest BCUT2D eigenvalue weighted by atomic mass is 35.5. The summed E-state index contributed by atoms with van der Waals surface area (Å²) in [6, 6.07) is 10.8. The van der Waals surface area contributed by atoms with Crippen molar-refractivity contribution in [1.29, 1.82) is 0 Å². The first kappa shape index (κ1) is 21.4. The number of amides is 2. The monoisotopic (exact) mass is 432 g/mol. The van der Waals surface area contributed by atoms with Gasteiger partial charge in [-0.3, -0.25) is 9.59 Å². The Kier molecular flexibility index (Phi) is 6.79. The van der Waals surface area contributed by atoms with Crippen molar-refractivity contribution in [3.8, 4) is 11.5 Å². The number of nitrogens with one attached hydrogen (secondary N) is 2. The van der Waals surface area contributed by atoms with Gasteiger partial charge in [-0.2, -0.15) is 0 Å². The number of ether oxygens (including phenoxy) is 3. The van der Waals surface area contributed by atoms with E-state index in [-0.39, 0.29) is 23.9 Å². The van der Waals surface area contributed by atoms with E-state index in [4.69, 9.17) is 25.8 Å². The molecule has 0 aliphatic carbocycles. The number of rotatable bonds is 7. The van der Waals surface area contributed by atoms with Gasteiger partial charge >= 0.3 is 5.97 Å². The third kappa shape index (κ3) is 5.21. The number of esters is 1. The second-order valence-electron chi connectivity index (χ2n) is 6.66. The number of fused-ring (bicyclic) bond motifs is 1. The standard InChI is InChI=1S/C21H21ClN2O6/c1-12(24-20(26)15-5-3-4-6-16(15)22)21(27)30-13(2)19(25)23-10-14-7-8-17-18(9-14)29-11-28-17/h3-9,12-13H,10-11H2,1-2H3,(H,23,25)(H,24,26)/t12-,13-/m0/s1. The Morgan fingerprint density at radius 1 is 1.10 bits per heavy atom. The third-order valence-corrected chi connectivity index (χ3v) is 4.72. The lowest BCUT2D eigenvalue weighted by molar-refractivity contribution is -0.156. The Hall–Kier alpha value is -3.26. The van der Waals surface area contributed by atoms with Crippen LogP contribution in [0.3, 0.4) is 0 Å². The van der Waals surface area contributed by atoms with Crippen molar-refractivity contribution in [1.82, 2.24) is 10.6 Å². The van der Waals surface area contributed by atoms with Gasteiger partial charge in [0.2, 0.25) is 6.79 Å². The molecular weight excluding hydrogens is 412 g/mol. The normalized spacial score (nSPS) is 13.8. The van der Waals surface area contributed by atoms with Crippen molar-refractivity contribution in [2.45, 2.75) is 32.5 Å². The Labute approximate surface area is 178 Å². The maximum atomic E-state index is 12.2. The van der Waals surface area contributed by atoms with Gasteiger partial charge in [0.15, 0.2) is 17.6 Å². The van der Waals surface area contributed by atoms with E-state index in [1.54, 1.807) is 42.5 Å². The van der Waals surface area contributed by atoms with Crippen molar-refractivity contribution >= 4 is 29.4 Å². The summed E-state index contributed by atoms with van der Waals surface area (Å²) in [7, 11) is 0. The van der Waals surface area contributed by atoms with Crippen molar-refractivity contribution in [2.24, 2.45) is 0 Å². The fourth-order valence-corrected chi connectivity index (χ4v) is 2.91. The molecule has 9 heteroatoms. The maximum absolute atomic E-state index is 12.2. The van der Waals surface area contributed by atoms with Crippen molar-refractivity contribution in [2.75, 3.05) is 6.79 Å². The SMILES string of the molecule is C[C@H](NC(=O)c1ccccc1Cl)C(=O)O[C@@H](C)C(=O)NCc1ccc2c(c1)OCO2. The highest BCUT2D eigenvalue weighted by Gasteiger charge is 2.24. The summed E-state index contributed by atoms with van der Waals surface area (Å²) in [5, 5.41) is 5.47. The van der Waals surface area contributed by atoms with Crippen molar-refractivity contribution in [3.63, 3.8) is 0 Å². The van der Waals surface area contributed by atoms with Gasteiger partial charge in [0.05, 0.1) is 10.6 Å². The van der Waals surface area contributed by atoms with E-state index in [2.05, 4.69) is 10.6 Å². The molecule has 158 valence electrons. The molecule has 2 N–H and O–H groups in total. The predicted octanol–water partition coefficient (Wildman–Crippen LogP) is 2.44. The summed E-state index contributed by atoms with van der Waals surface area (Å²) in [4.78, 5) is 36.7. The molecule has 2 amide bonds. The second-order valence-corrected chi connectivity index (χ2v) is 7.07. The van der Waals surface area contributed by atoms with Crippen LogP contribution in [0.25, 0.3) is 0 Å². The molecule has 0 fully saturated rings. The minimum absolute atomic E-state index is 0.170. The van der Waals surface area contributed by atoms with Gasteiger partial charge in [-0.05, 0) is 43.7 Å². The minimum Gasteiger partial charge on any atom is -0.454 e. The topological polar surface area (TPSA) is 103 Å². The van der Waals surface area contributed by atoms with Gasteiger partial charge in [0.1, 0.15) is 6.04 Å². The molecule has 2 aromatic carbocycles. The van der Waals surface area contributed by atoms with Crippen LogP contribution in [0.15, 0.2) is 42.5 Å². The number of carbonyl (C=O) groups is 3. The van der Waals surface area contributed by atoms with Crippen LogP contribution in [0.5, 0.6) is 11.5 Å². The minimum atomic E-state index is -1.04. The zero-order valence-electron chi connectivity index (χ0n) is 16.4. The molecule has 30 heavy (non-hydrogen) atoms. The molecule has 0 unspecified atom stereocenters. The Morgan fingerprint density at radius 2 is 1.83 bits per heavy atom. The van der Waals surface area contributed by atoms with Gasteiger partial charge in [0, 0.05) is 6.54 Å². The Bertz CT molecular complexity index is 964. The average molecular weight is 433 g/mol. The Morgan fingerprint density at radius 3 is 2.60 bits per heavy atom. The van der Waals surface area contributed by atoms with Crippen molar-refractivity contribution < 1.29 is 28.6 Å². The third-order valence-electron chi connectivity index (χ3n) is 4.39. The van der Waals surface area contributed by atoms with Gasteiger partial charge < -0.3 is 24.8 Å². The lowest BCUT2D eigenvalue weighted by Crippen LogP contribution is -2.43. The van der Waals surface area contributed by atoms with E-state index in [0.29, 0.717) is 11.5 Å². The number of benzene rings is 2. The average Bonchev–Trinajstić information content (AvgIpc) is 3.19. The highest BCUT2D eigenvalue weighted by molar-refractivity contribution is 6.33. The molecule has 1 heterocycles. The largest absolute Gasteiger partial charge is 0.454 e. The van der Waals surface area contributed by atoms with Crippen LogP contribution >= 0.6 is 11.6 Å². The van der Waals surface area contributed by atoms with Crippen molar-refractivity contribution in [3.05, 3.63) is 58.6 Å². The number of hydrogen-bond donors (Lipinski definition) is 2. The molecule has 0 saturated carbocycles. The molecule has 3 rings (SSSR count). The quantitative estimate of drug-likeness (QED) is 0.651. The molecule has 1 aliphatic rings. The summed E-state index contributed by atoms with van der Waals surface area (Å²) in [5.74, 6) is -0.443. The van der Waals surface area contributed by atoms with E-state index in [1.807, 2.05) is 0 Å². The van der Waals surface area contributed by atoms with Gasteiger partial charge in [-0.15, -0.1) is 0 Å². The lowest BCUT2D eigenvalue weighted by atomic mass is 10.2. The lowest BCUT2D eigenvalue weighted by Gasteiger charge is -2.18. The first-order chi connectivity index (χ1) is 14.3. The fraction of sp³-hybridized carbons (Fsp3) is 0.286. The van der Waals surface area contributed by atoms with E-state index in [0.717, 1.165) is 5.56 Å². The van der Waals surface area contributed by atoms with Crippen LogP contribution in [0.2, 0.25) is 5.02 Å². The number of hydrogen-bond acceptors (Lipinski definition) is 6. The first-order valence-electron chi connectivity index (χ1n) is 9.27. The number of carbonyl (C=O) groups excluding carboxylic acids is 3. The van der Waals surface area contributed by atoms with Gasteiger partial charge in [-0.1, -0.05) is 29.8 Å². The molecule has 2 atom stereocenters. The summed E-state index contributed by atoms with van der Waals surface area (Å²) in [6.07, 6.45) is -1.04. The summed E-state index contributed by atoms with van der Waals surface area (Å²) in [6.45, 7) is 3.32. The molecule has 8 nitrogen and oxygen atoms in total.